The molecule has 2 aliphatic rings. The van der Waals surface area contributed by atoms with Gasteiger partial charge in [0.2, 0.25) is 5.91 Å². The quantitative estimate of drug-likeness (QED) is 0.524. The van der Waals surface area contributed by atoms with E-state index in [0.717, 1.165) is 47.6 Å². The Hall–Kier alpha value is -3.20. The summed E-state index contributed by atoms with van der Waals surface area (Å²) in [6.45, 7) is 9.00. The van der Waals surface area contributed by atoms with E-state index in [4.69, 9.17) is 0 Å². The van der Waals surface area contributed by atoms with E-state index in [1.54, 1.807) is 6.92 Å². The van der Waals surface area contributed by atoms with Crippen LogP contribution in [0.3, 0.4) is 0 Å². The average Bonchev–Trinajstić information content (AvgIpc) is 3.40. The molecule has 184 valence electrons. The molecule has 0 saturated carbocycles. The molecule has 1 amide bonds. The van der Waals surface area contributed by atoms with Crippen molar-refractivity contribution in [3.63, 3.8) is 0 Å². The molecule has 5 rings (SSSR count). The van der Waals surface area contributed by atoms with Crippen molar-refractivity contribution < 1.29 is 18.0 Å². The van der Waals surface area contributed by atoms with E-state index in [1.165, 1.54) is 12.1 Å². The lowest BCUT2D eigenvalue weighted by Crippen LogP contribution is -2.43. The van der Waals surface area contributed by atoms with Crippen LogP contribution in [-0.2, 0) is 10.2 Å². The number of carbonyl (C=O) groups excluding carboxylic acids is 1. The average molecular weight is 484 g/mol. The summed E-state index contributed by atoms with van der Waals surface area (Å²) < 4.78 is 41.2. The molecule has 0 radical (unpaired) electrons. The second-order valence-electron chi connectivity index (χ2n) is 9.91. The maximum Gasteiger partial charge on any atom is 0.266 e. The molecule has 1 aromatic heterocycles. The molecule has 9 heteroatoms. The Morgan fingerprint density at radius 2 is 1.91 bits per heavy atom. The van der Waals surface area contributed by atoms with Crippen molar-refractivity contribution in [3.8, 4) is 0 Å². The maximum absolute atomic E-state index is 14.8. The first-order chi connectivity index (χ1) is 16.6. The smallest absolute Gasteiger partial charge is 0.266 e. The lowest BCUT2D eigenvalue weighted by Gasteiger charge is -2.26. The van der Waals surface area contributed by atoms with Gasteiger partial charge in [0, 0.05) is 28.6 Å². The third-order valence-electron chi connectivity index (χ3n) is 7.28. The molecule has 0 spiro atoms. The Balaban J connectivity index is 1.60. The first-order valence-corrected chi connectivity index (χ1v) is 11.8. The molecule has 1 saturated heterocycles. The topological polar surface area (TPSA) is 70.2 Å². The predicted octanol–water partition coefficient (Wildman–Crippen LogP) is 5.17. The van der Waals surface area contributed by atoms with Crippen molar-refractivity contribution in [2.75, 3.05) is 23.3 Å². The van der Waals surface area contributed by atoms with Crippen LogP contribution < -0.4 is 15.5 Å². The number of alkyl halides is 2. The van der Waals surface area contributed by atoms with Crippen LogP contribution in [0, 0.1) is 12.7 Å². The normalized spacial score (nSPS) is 20.1. The van der Waals surface area contributed by atoms with Gasteiger partial charge in [-0.1, -0.05) is 18.2 Å². The van der Waals surface area contributed by atoms with Crippen molar-refractivity contribution in [2.24, 2.45) is 0 Å². The number of benzene rings is 2. The largest absolute Gasteiger partial charge is 0.361 e. The molecular weight excluding hydrogens is 455 g/mol. The van der Waals surface area contributed by atoms with Crippen LogP contribution in [0.4, 0.5) is 24.7 Å². The van der Waals surface area contributed by atoms with Crippen LogP contribution in [-0.4, -0.2) is 35.2 Å². The minimum Gasteiger partial charge on any atom is -0.361 e. The van der Waals surface area contributed by atoms with Gasteiger partial charge in [0.15, 0.2) is 5.82 Å². The van der Waals surface area contributed by atoms with Gasteiger partial charge in [-0.05, 0) is 58.4 Å². The molecule has 2 aromatic carbocycles. The fraction of sp³-hybridized carbons (Fsp3) is 0.423. The number of anilines is 2. The van der Waals surface area contributed by atoms with Gasteiger partial charge in [0.25, 0.3) is 6.43 Å². The number of aromatic nitrogens is 2. The Bertz CT molecular complexity index is 1320. The molecule has 1 unspecified atom stereocenters. The second kappa shape index (κ2) is 8.48. The highest BCUT2D eigenvalue weighted by Gasteiger charge is 2.47. The number of aryl methyl sites for hydroxylation is 1. The number of nitrogens with zero attached hydrogens (tertiary/aromatic N) is 3. The number of fused-ring (bicyclic) bond motifs is 2. The SMILES string of the molecule is Cc1nnc(N[C@H](C)c2cccc(C(F)F)c2F)c2cc3c(cc12)C(C)(C)C(=O)N3C1CCNC1. The maximum atomic E-state index is 14.8. The number of carbonyl (C=O) groups is 1. The Labute approximate surface area is 201 Å². The highest BCUT2D eigenvalue weighted by atomic mass is 19.3. The van der Waals surface area contributed by atoms with Crippen LogP contribution in [0.5, 0.6) is 0 Å². The summed E-state index contributed by atoms with van der Waals surface area (Å²) in [5, 5.41) is 16.7. The van der Waals surface area contributed by atoms with Gasteiger partial charge < -0.3 is 15.5 Å². The van der Waals surface area contributed by atoms with Crippen molar-refractivity contribution in [1.29, 1.82) is 0 Å². The lowest BCUT2D eigenvalue weighted by molar-refractivity contribution is -0.122. The summed E-state index contributed by atoms with van der Waals surface area (Å²) in [4.78, 5) is 15.3. The van der Waals surface area contributed by atoms with Gasteiger partial charge >= 0.3 is 0 Å². The highest BCUT2D eigenvalue weighted by Crippen LogP contribution is 2.46. The second-order valence-corrected chi connectivity index (χ2v) is 9.91. The zero-order valence-corrected chi connectivity index (χ0v) is 20.1. The molecule has 0 aliphatic carbocycles. The third kappa shape index (κ3) is 3.73. The van der Waals surface area contributed by atoms with E-state index < -0.39 is 29.3 Å². The minimum atomic E-state index is -2.90. The van der Waals surface area contributed by atoms with Crippen LogP contribution in [0.25, 0.3) is 10.8 Å². The molecule has 35 heavy (non-hydrogen) atoms. The molecular formula is C26H28F3N5O. The molecule has 0 bridgehead atoms. The fourth-order valence-electron chi connectivity index (χ4n) is 5.23. The molecule has 3 aromatic rings. The van der Waals surface area contributed by atoms with E-state index in [9.17, 15) is 18.0 Å². The van der Waals surface area contributed by atoms with Gasteiger partial charge in [-0.25, -0.2) is 13.2 Å². The lowest BCUT2D eigenvalue weighted by atomic mass is 9.85. The number of rotatable bonds is 5. The van der Waals surface area contributed by atoms with Crippen molar-refractivity contribution >= 4 is 28.2 Å². The zero-order chi connectivity index (χ0) is 25.1. The first-order valence-electron chi connectivity index (χ1n) is 11.8. The van der Waals surface area contributed by atoms with Gasteiger partial charge in [-0.3, -0.25) is 4.79 Å². The van der Waals surface area contributed by atoms with Gasteiger partial charge in [0.05, 0.1) is 28.8 Å². The summed E-state index contributed by atoms with van der Waals surface area (Å²) >= 11 is 0. The van der Waals surface area contributed by atoms with E-state index >= 15 is 0 Å². The molecule has 2 atom stereocenters. The summed E-state index contributed by atoms with van der Waals surface area (Å²) in [5.41, 5.74) is 1.30. The van der Waals surface area contributed by atoms with Crippen LogP contribution in [0.2, 0.25) is 0 Å². The van der Waals surface area contributed by atoms with E-state index in [1.807, 2.05) is 37.8 Å². The standard InChI is InChI=1S/C26H28F3N5O/c1-13(16-6-5-7-17(22(16)27)23(28)29)31-24-19-11-21-20(10-18(19)14(2)32-33-24)26(3,4)25(35)34(21)15-8-9-30-12-15/h5-7,10-11,13,15,23,30H,8-9,12H2,1-4H3,(H,31,33)/t13-,15?/m1/s1. The zero-order valence-electron chi connectivity index (χ0n) is 20.1. The highest BCUT2D eigenvalue weighted by molar-refractivity contribution is 6.11. The van der Waals surface area contributed by atoms with Gasteiger partial charge in [-0.2, -0.15) is 5.10 Å². The summed E-state index contributed by atoms with van der Waals surface area (Å²) in [6, 6.07) is 7.38. The minimum absolute atomic E-state index is 0.0591. The number of nitrogens with one attached hydrogen (secondary N) is 2. The van der Waals surface area contributed by atoms with Crippen molar-refractivity contribution in [2.45, 2.75) is 58.0 Å². The molecule has 6 nitrogen and oxygen atoms in total. The van der Waals surface area contributed by atoms with Crippen LogP contribution in [0.15, 0.2) is 30.3 Å². The number of hydrogen-bond acceptors (Lipinski definition) is 5. The summed E-state index contributed by atoms with van der Waals surface area (Å²) in [7, 11) is 0. The Morgan fingerprint density at radius 3 is 2.60 bits per heavy atom. The molecule has 2 aliphatic heterocycles. The Morgan fingerprint density at radius 1 is 1.17 bits per heavy atom. The van der Waals surface area contributed by atoms with Gasteiger partial charge in [-0.15, -0.1) is 5.10 Å². The number of hydrogen-bond donors (Lipinski definition) is 2. The van der Waals surface area contributed by atoms with Crippen LogP contribution >= 0.6 is 0 Å². The fourth-order valence-corrected chi connectivity index (χ4v) is 5.23. The van der Waals surface area contributed by atoms with Gasteiger partial charge in [0.1, 0.15) is 5.82 Å². The first kappa shape index (κ1) is 23.5. The molecule has 2 N–H and O–H groups in total. The van der Waals surface area contributed by atoms with Crippen LogP contribution in [0.1, 0.15) is 62.0 Å². The summed E-state index contributed by atoms with van der Waals surface area (Å²) in [5.74, 6) is -0.465. The van der Waals surface area contributed by atoms with Crippen molar-refractivity contribution in [1.82, 2.24) is 15.5 Å². The van der Waals surface area contributed by atoms with E-state index in [0.29, 0.717) is 11.5 Å². The van der Waals surface area contributed by atoms with E-state index in [-0.39, 0.29) is 17.5 Å². The third-order valence-corrected chi connectivity index (χ3v) is 7.28. The summed E-state index contributed by atoms with van der Waals surface area (Å²) in [6.07, 6.45) is -2.03. The van der Waals surface area contributed by atoms with Crippen molar-refractivity contribution in [3.05, 3.63) is 58.5 Å². The number of halogens is 3. The molecule has 1 fully saturated rings. The predicted molar refractivity (Wildman–Crippen MR) is 129 cm³/mol. The number of amides is 1. The Kier molecular flexibility index (Phi) is 5.70. The molecule has 3 heterocycles. The van der Waals surface area contributed by atoms with E-state index in [2.05, 4.69) is 20.8 Å². The monoisotopic (exact) mass is 483 g/mol.